The number of allylic oxidation sites excluding steroid dienone is 1. The van der Waals surface area contributed by atoms with Gasteiger partial charge in [-0.3, -0.25) is 14.9 Å². The molecular formula is C19H19ClFN3O2S. The molecule has 2 amide bonds. The molecule has 0 radical (unpaired) electrons. The van der Waals surface area contributed by atoms with Crippen LogP contribution in [0, 0.1) is 12.7 Å². The van der Waals surface area contributed by atoms with E-state index in [0.29, 0.717) is 22.2 Å². The summed E-state index contributed by atoms with van der Waals surface area (Å²) in [5, 5.41) is 5.83. The van der Waals surface area contributed by atoms with Crippen LogP contribution in [0.15, 0.2) is 29.8 Å². The molecule has 0 spiro atoms. The monoisotopic (exact) mass is 407 g/mol. The number of anilines is 1. The first-order chi connectivity index (χ1) is 12.9. The third kappa shape index (κ3) is 4.93. The summed E-state index contributed by atoms with van der Waals surface area (Å²) in [7, 11) is 0. The van der Waals surface area contributed by atoms with Crippen LogP contribution in [-0.4, -0.2) is 23.3 Å². The van der Waals surface area contributed by atoms with Gasteiger partial charge in [-0.15, -0.1) is 0 Å². The van der Waals surface area contributed by atoms with Crippen molar-refractivity contribution in [2.45, 2.75) is 32.6 Å². The van der Waals surface area contributed by atoms with Crippen LogP contribution in [0.2, 0.25) is 5.02 Å². The Labute approximate surface area is 165 Å². The number of thiazole rings is 1. The molecule has 1 aliphatic rings. The van der Waals surface area contributed by atoms with E-state index in [9.17, 15) is 14.0 Å². The maximum absolute atomic E-state index is 13.1. The van der Waals surface area contributed by atoms with Crippen LogP contribution in [0.4, 0.5) is 9.52 Å². The Morgan fingerprint density at radius 3 is 2.81 bits per heavy atom. The second-order valence-corrected chi connectivity index (χ2v) is 7.71. The first-order valence-corrected chi connectivity index (χ1v) is 9.83. The topological polar surface area (TPSA) is 71.1 Å². The third-order valence-electron chi connectivity index (χ3n) is 4.26. The second kappa shape index (κ2) is 8.63. The Kier molecular flexibility index (Phi) is 6.23. The molecule has 27 heavy (non-hydrogen) atoms. The van der Waals surface area contributed by atoms with Crippen molar-refractivity contribution in [3.8, 4) is 0 Å². The number of aryl methyl sites for hydroxylation is 1. The summed E-state index contributed by atoms with van der Waals surface area (Å²) in [6.45, 7) is 2.24. The Hall–Kier alpha value is -2.25. The minimum absolute atomic E-state index is 0.0134. The first-order valence-electron chi connectivity index (χ1n) is 8.64. The van der Waals surface area contributed by atoms with Crippen LogP contribution in [0.5, 0.6) is 0 Å². The third-order valence-corrected chi connectivity index (χ3v) is 5.64. The number of carbonyl (C=O) groups excluding carboxylic acids is 2. The normalized spacial score (nSPS) is 13.8. The van der Waals surface area contributed by atoms with Gasteiger partial charge in [-0.25, -0.2) is 9.37 Å². The average Bonchev–Trinajstić information content (AvgIpc) is 3.00. The summed E-state index contributed by atoms with van der Waals surface area (Å²) >= 11 is 7.00. The summed E-state index contributed by atoms with van der Waals surface area (Å²) in [6.07, 6.45) is 6.62. The fraction of sp³-hybridized carbons (Fsp3) is 0.316. The quantitative estimate of drug-likeness (QED) is 0.704. The van der Waals surface area contributed by atoms with Crippen LogP contribution in [-0.2, 0) is 0 Å². The fourth-order valence-electron chi connectivity index (χ4n) is 2.84. The first kappa shape index (κ1) is 19.5. The molecule has 0 unspecified atom stereocenters. The molecule has 2 N–H and O–H groups in total. The Morgan fingerprint density at radius 2 is 2.11 bits per heavy atom. The standard InChI is InChI=1S/C19H19ClFN3O2S/c1-11-16(18(26)22-10-12-5-3-2-4-6-12)27-19(23-11)24-17(25)14-8-7-13(21)9-15(14)20/h5,7-9H,2-4,6,10H2,1H3,(H,22,26)(H,23,24,25). The van der Waals surface area contributed by atoms with Crippen molar-refractivity contribution < 1.29 is 14.0 Å². The molecule has 8 heteroatoms. The zero-order valence-corrected chi connectivity index (χ0v) is 16.3. The van der Waals surface area contributed by atoms with Crippen molar-refractivity contribution >= 4 is 39.9 Å². The molecule has 0 aliphatic heterocycles. The van der Waals surface area contributed by atoms with Gasteiger partial charge in [-0.2, -0.15) is 0 Å². The predicted molar refractivity (Wildman–Crippen MR) is 105 cm³/mol. The molecule has 0 fully saturated rings. The van der Waals surface area contributed by atoms with Crippen LogP contribution in [0.1, 0.15) is 51.4 Å². The van der Waals surface area contributed by atoms with Crippen molar-refractivity contribution in [2.75, 3.05) is 11.9 Å². The molecule has 0 saturated carbocycles. The molecule has 1 aromatic carbocycles. The number of amides is 2. The van der Waals surface area contributed by atoms with Gasteiger partial charge in [0.25, 0.3) is 11.8 Å². The van der Waals surface area contributed by atoms with E-state index < -0.39 is 11.7 Å². The number of hydrogen-bond acceptors (Lipinski definition) is 4. The summed E-state index contributed by atoms with van der Waals surface area (Å²) < 4.78 is 13.1. The summed E-state index contributed by atoms with van der Waals surface area (Å²) in [5.41, 5.74) is 1.92. The van der Waals surface area contributed by atoms with Crippen molar-refractivity contribution in [1.29, 1.82) is 0 Å². The van der Waals surface area contributed by atoms with Crippen molar-refractivity contribution in [3.63, 3.8) is 0 Å². The number of halogens is 2. The van der Waals surface area contributed by atoms with E-state index in [1.165, 1.54) is 18.1 Å². The van der Waals surface area contributed by atoms with Crippen molar-refractivity contribution in [3.05, 3.63) is 56.8 Å². The number of hydrogen-bond donors (Lipinski definition) is 2. The lowest BCUT2D eigenvalue weighted by molar-refractivity contribution is 0.0958. The summed E-state index contributed by atoms with van der Waals surface area (Å²) in [6, 6.07) is 3.54. The Balaban J connectivity index is 1.65. The van der Waals surface area contributed by atoms with Gasteiger partial charge in [-0.05, 0) is 50.8 Å². The fourth-order valence-corrected chi connectivity index (χ4v) is 3.97. The van der Waals surface area contributed by atoms with E-state index in [4.69, 9.17) is 11.6 Å². The number of nitrogens with zero attached hydrogens (tertiary/aromatic N) is 1. The molecule has 142 valence electrons. The second-order valence-electron chi connectivity index (χ2n) is 6.30. The highest BCUT2D eigenvalue weighted by atomic mass is 35.5. The zero-order chi connectivity index (χ0) is 19.4. The molecule has 1 heterocycles. The van der Waals surface area contributed by atoms with Crippen molar-refractivity contribution in [2.24, 2.45) is 0 Å². The smallest absolute Gasteiger partial charge is 0.263 e. The lowest BCUT2D eigenvalue weighted by Crippen LogP contribution is -2.25. The maximum Gasteiger partial charge on any atom is 0.263 e. The van der Waals surface area contributed by atoms with Crippen LogP contribution in [0.25, 0.3) is 0 Å². The summed E-state index contributed by atoms with van der Waals surface area (Å²) in [5.74, 6) is -1.24. The SMILES string of the molecule is Cc1nc(NC(=O)c2ccc(F)cc2Cl)sc1C(=O)NCC1=CCCCC1. The van der Waals surface area contributed by atoms with Crippen LogP contribution in [0.3, 0.4) is 0 Å². The minimum atomic E-state index is -0.520. The zero-order valence-electron chi connectivity index (χ0n) is 14.8. The molecule has 3 rings (SSSR count). The maximum atomic E-state index is 13.1. The molecule has 1 aliphatic carbocycles. The molecule has 1 aromatic heterocycles. The van der Waals surface area contributed by atoms with Crippen molar-refractivity contribution in [1.82, 2.24) is 10.3 Å². The highest BCUT2D eigenvalue weighted by Crippen LogP contribution is 2.25. The average molecular weight is 408 g/mol. The van der Waals surface area contributed by atoms with E-state index in [1.54, 1.807) is 6.92 Å². The van der Waals surface area contributed by atoms with Gasteiger partial charge in [0.1, 0.15) is 10.7 Å². The number of rotatable bonds is 5. The van der Waals surface area contributed by atoms with E-state index in [2.05, 4.69) is 21.7 Å². The molecular weight excluding hydrogens is 389 g/mol. The van der Waals surface area contributed by atoms with E-state index >= 15 is 0 Å². The van der Waals surface area contributed by atoms with Gasteiger partial charge < -0.3 is 5.32 Å². The molecule has 0 atom stereocenters. The number of benzene rings is 1. The molecule has 0 bridgehead atoms. The molecule has 2 aromatic rings. The molecule has 5 nitrogen and oxygen atoms in total. The van der Waals surface area contributed by atoms with E-state index in [0.717, 1.165) is 42.7 Å². The molecule has 0 saturated heterocycles. The van der Waals surface area contributed by atoms with E-state index in [1.807, 2.05) is 0 Å². The highest BCUT2D eigenvalue weighted by Gasteiger charge is 2.18. The number of nitrogens with one attached hydrogen (secondary N) is 2. The van der Waals surface area contributed by atoms with E-state index in [-0.39, 0.29) is 16.5 Å². The highest BCUT2D eigenvalue weighted by molar-refractivity contribution is 7.17. The van der Waals surface area contributed by atoms with Crippen LogP contribution < -0.4 is 10.6 Å². The van der Waals surface area contributed by atoms with Gasteiger partial charge in [0.15, 0.2) is 5.13 Å². The number of aromatic nitrogens is 1. The lowest BCUT2D eigenvalue weighted by Gasteiger charge is -2.13. The van der Waals surface area contributed by atoms with Gasteiger partial charge in [-0.1, -0.05) is 34.6 Å². The minimum Gasteiger partial charge on any atom is -0.348 e. The van der Waals surface area contributed by atoms with Gasteiger partial charge in [0, 0.05) is 6.54 Å². The number of carbonyl (C=O) groups is 2. The Bertz CT molecular complexity index is 910. The van der Waals surface area contributed by atoms with Gasteiger partial charge in [0.2, 0.25) is 0 Å². The summed E-state index contributed by atoms with van der Waals surface area (Å²) in [4.78, 5) is 29.4. The van der Waals surface area contributed by atoms with Gasteiger partial charge >= 0.3 is 0 Å². The largest absolute Gasteiger partial charge is 0.348 e. The Morgan fingerprint density at radius 1 is 1.30 bits per heavy atom. The lowest BCUT2D eigenvalue weighted by atomic mass is 10.00. The van der Waals surface area contributed by atoms with Gasteiger partial charge in [0.05, 0.1) is 16.3 Å². The van der Waals surface area contributed by atoms with Crippen LogP contribution >= 0.6 is 22.9 Å². The predicted octanol–water partition coefficient (Wildman–Crippen LogP) is 4.73.